The number of benzene rings is 3. The number of hydrogen-bond donors (Lipinski definition) is 1. The summed E-state index contributed by atoms with van der Waals surface area (Å²) < 4.78 is 13.4. The Morgan fingerprint density at radius 3 is 2.30 bits per heavy atom. The van der Waals surface area contributed by atoms with Crippen LogP contribution >= 0.6 is 11.6 Å². The second-order valence-electron chi connectivity index (χ2n) is 7.93. The third-order valence-electron chi connectivity index (χ3n) is 5.71. The zero-order chi connectivity index (χ0) is 23.5. The molecule has 170 valence electrons. The van der Waals surface area contributed by atoms with Crippen LogP contribution in [0.15, 0.2) is 71.5 Å². The van der Waals surface area contributed by atoms with E-state index in [0.29, 0.717) is 22.2 Å². The standard InChI is InChI=1S/C27H26ClNO4/c1-4-17(2)33-25-15-23-20(13-24(25)32-3)14-26(31)29(22-11-5-18(16-30)6-12-22)27(23)19-7-9-21(28)10-8-19/h5-15,17,30H,4,16H2,1-3H3/t17-/m1/s1. The zero-order valence-corrected chi connectivity index (χ0v) is 19.6. The van der Waals surface area contributed by atoms with Crippen LogP contribution < -0.4 is 15.0 Å². The number of ether oxygens (including phenoxy) is 2. The summed E-state index contributed by atoms with van der Waals surface area (Å²) in [6.45, 7) is 4.01. The molecule has 0 spiro atoms. The Morgan fingerprint density at radius 2 is 1.70 bits per heavy atom. The van der Waals surface area contributed by atoms with Gasteiger partial charge >= 0.3 is 0 Å². The van der Waals surface area contributed by atoms with Crippen molar-refractivity contribution < 1.29 is 14.6 Å². The number of methoxy groups -OCH3 is 1. The first-order chi connectivity index (χ1) is 15.9. The first-order valence-electron chi connectivity index (χ1n) is 10.9. The number of aliphatic hydroxyl groups excluding tert-OH is 1. The van der Waals surface area contributed by atoms with Gasteiger partial charge in [0, 0.05) is 22.2 Å². The monoisotopic (exact) mass is 463 g/mol. The summed E-state index contributed by atoms with van der Waals surface area (Å²) in [7, 11) is 1.59. The highest BCUT2D eigenvalue weighted by Crippen LogP contribution is 2.38. The largest absolute Gasteiger partial charge is 0.493 e. The Hall–Kier alpha value is -3.28. The predicted octanol–water partition coefficient (Wildman–Crippen LogP) is 5.99. The van der Waals surface area contributed by atoms with Gasteiger partial charge in [0.15, 0.2) is 11.5 Å². The molecule has 1 N–H and O–H groups in total. The molecule has 4 aromatic rings. The molecule has 0 aliphatic rings. The van der Waals surface area contributed by atoms with Gasteiger partial charge in [-0.05, 0) is 66.3 Å². The number of halogens is 1. The Kier molecular flexibility index (Phi) is 6.72. The van der Waals surface area contributed by atoms with Gasteiger partial charge in [0.25, 0.3) is 5.56 Å². The number of aliphatic hydroxyl groups is 1. The van der Waals surface area contributed by atoms with Crippen LogP contribution in [0.4, 0.5) is 0 Å². The Labute approximate surface area is 197 Å². The molecule has 3 aromatic carbocycles. The van der Waals surface area contributed by atoms with Gasteiger partial charge in [-0.3, -0.25) is 9.36 Å². The molecular weight excluding hydrogens is 438 g/mol. The summed E-state index contributed by atoms with van der Waals surface area (Å²) in [6, 6.07) is 20.1. The van der Waals surface area contributed by atoms with Gasteiger partial charge in [-0.25, -0.2) is 0 Å². The van der Waals surface area contributed by atoms with Crippen LogP contribution in [0, 0.1) is 0 Å². The number of hydrogen-bond acceptors (Lipinski definition) is 4. The van der Waals surface area contributed by atoms with E-state index in [1.165, 1.54) is 0 Å². The van der Waals surface area contributed by atoms with Crippen LogP contribution in [-0.2, 0) is 6.61 Å². The Morgan fingerprint density at radius 1 is 1.00 bits per heavy atom. The van der Waals surface area contributed by atoms with Crippen molar-refractivity contribution in [1.82, 2.24) is 4.57 Å². The maximum absolute atomic E-state index is 13.4. The average Bonchev–Trinajstić information content (AvgIpc) is 2.83. The van der Waals surface area contributed by atoms with Crippen LogP contribution in [0.25, 0.3) is 27.7 Å². The van der Waals surface area contributed by atoms with E-state index in [0.717, 1.165) is 34.0 Å². The van der Waals surface area contributed by atoms with E-state index in [1.54, 1.807) is 29.9 Å². The normalized spacial score (nSPS) is 12.0. The zero-order valence-electron chi connectivity index (χ0n) is 18.8. The number of nitrogens with zero attached hydrogens (tertiary/aromatic N) is 1. The highest BCUT2D eigenvalue weighted by atomic mass is 35.5. The summed E-state index contributed by atoms with van der Waals surface area (Å²) >= 11 is 6.15. The van der Waals surface area contributed by atoms with Crippen molar-refractivity contribution in [2.45, 2.75) is 33.0 Å². The van der Waals surface area contributed by atoms with Gasteiger partial charge in [-0.15, -0.1) is 0 Å². The van der Waals surface area contributed by atoms with Crippen molar-refractivity contribution >= 4 is 22.4 Å². The Bertz CT molecular complexity index is 1330. The van der Waals surface area contributed by atoms with Crippen LogP contribution in [-0.4, -0.2) is 22.9 Å². The topological polar surface area (TPSA) is 60.7 Å². The van der Waals surface area contributed by atoms with Gasteiger partial charge in [0.2, 0.25) is 0 Å². The maximum atomic E-state index is 13.4. The highest BCUT2D eigenvalue weighted by Gasteiger charge is 2.18. The van der Waals surface area contributed by atoms with E-state index in [1.807, 2.05) is 55.5 Å². The fourth-order valence-corrected chi connectivity index (χ4v) is 3.91. The summed E-state index contributed by atoms with van der Waals surface area (Å²) in [5.74, 6) is 1.20. The fourth-order valence-electron chi connectivity index (χ4n) is 3.78. The second-order valence-corrected chi connectivity index (χ2v) is 8.36. The van der Waals surface area contributed by atoms with Gasteiger partial charge in [-0.1, -0.05) is 42.8 Å². The molecule has 0 aliphatic heterocycles. The minimum Gasteiger partial charge on any atom is -0.493 e. The summed E-state index contributed by atoms with van der Waals surface area (Å²) in [5.41, 5.74) is 2.86. The molecular formula is C27H26ClNO4. The molecule has 0 bridgehead atoms. The molecule has 0 saturated heterocycles. The van der Waals surface area contributed by atoms with Crippen molar-refractivity contribution in [2.24, 2.45) is 0 Å². The molecule has 1 aromatic heterocycles. The number of aromatic nitrogens is 1. The van der Waals surface area contributed by atoms with Crippen molar-refractivity contribution in [3.63, 3.8) is 0 Å². The minimum absolute atomic E-state index is 0.00673. The molecule has 4 rings (SSSR count). The van der Waals surface area contributed by atoms with E-state index in [2.05, 4.69) is 6.92 Å². The number of rotatable bonds is 7. The summed E-state index contributed by atoms with van der Waals surface area (Å²) in [6.07, 6.45) is 0.856. The second kappa shape index (κ2) is 9.69. The third kappa shape index (κ3) is 4.61. The quantitative estimate of drug-likeness (QED) is 0.365. The van der Waals surface area contributed by atoms with Gasteiger partial charge < -0.3 is 14.6 Å². The van der Waals surface area contributed by atoms with Crippen molar-refractivity contribution in [3.05, 3.63) is 87.7 Å². The number of fused-ring (bicyclic) bond motifs is 1. The van der Waals surface area contributed by atoms with Crippen LogP contribution in [0.1, 0.15) is 25.8 Å². The van der Waals surface area contributed by atoms with Crippen molar-refractivity contribution in [3.8, 4) is 28.4 Å². The molecule has 0 fully saturated rings. The van der Waals surface area contributed by atoms with Crippen molar-refractivity contribution in [2.75, 3.05) is 7.11 Å². The lowest BCUT2D eigenvalue weighted by molar-refractivity contribution is 0.208. The smallest absolute Gasteiger partial charge is 0.256 e. The van der Waals surface area contributed by atoms with E-state index in [4.69, 9.17) is 21.1 Å². The van der Waals surface area contributed by atoms with Crippen LogP contribution in [0.2, 0.25) is 5.02 Å². The van der Waals surface area contributed by atoms with E-state index in [-0.39, 0.29) is 18.3 Å². The minimum atomic E-state index is -0.179. The van der Waals surface area contributed by atoms with Crippen molar-refractivity contribution in [1.29, 1.82) is 0 Å². The van der Waals surface area contributed by atoms with Gasteiger partial charge in [0.05, 0.1) is 25.5 Å². The number of pyridine rings is 1. The highest BCUT2D eigenvalue weighted by molar-refractivity contribution is 6.30. The molecule has 5 nitrogen and oxygen atoms in total. The molecule has 1 heterocycles. The lowest BCUT2D eigenvalue weighted by atomic mass is 10.0. The Balaban J connectivity index is 2.07. The fraction of sp³-hybridized carbons (Fsp3) is 0.222. The molecule has 1 atom stereocenters. The first kappa shape index (κ1) is 22.9. The van der Waals surface area contributed by atoms with Crippen LogP contribution in [0.5, 0.6) is 11.5 Å². The van der Waals surface area contributed by atoms with Gasteiger partial charge in [-0.2, -0.15) is 0 Å². The average molecular weight is 464 g/mol. The van der Waals surface area contributed by atoms with E-state index < -0.39 is 0 Å². The third-order valence-corrected chi connectivity index (χ3v) is 5.96. The molecule has 0 saturated carbocycles. The molecule has 0 radical (unpaired) electrons. The maximum Gasteiger partial charge on any atom is 0.256 e. The summed E-state index contributed by atoms with van der Waals surface area (Å²) in [5, 5.41) is 11.6. The SMILES string of the molecule is CC[C@@H](C)Oc1cc2c(-c3ccc(Cl)cc3)n(-c3ccc(CO)cc3)c(=O)cc2cc1OC. The van der Waals surface area contributed by atoms with Gasteiger partial charge in [0.1, 0.15) is 0 Å². The predicted molar refractivity (Wildman–Crippen MR) is 133 cm³/mol. The summed E-state index contributed by atoms with van der Waals surface area (Å²) in [4.78, 5) is 13.4. The molecule has 0 unspecified atom stereocenters. The van der Waals surface area contributed by atoms with E-state index >= 15 is 0 Å². The molecule has 0 aliphatic carbocycles. The van der Waals surface area contributed by atoms with E-state index in [9.17, 15) is 9.90 Å². The lowest BCUT2D eigenvalue weighted by Gasteiger charge is -2.20. The molecule has 0 amide bonds. The molecule has 6 heteroatoms. The first-order valence-corrected chi connectivity index (χ1v) is 11.2. The lowest BCUT2D eigenvalue weighted by Crippen LogP contribution is -2.20. The van der Waals surface area contributed by atoms with Crippen LogP contribution in [0.3, 0.4) is 0 Å². The molecule has 33 heavy (non-hydrogen) atoms.